The van der Waals surface area contributed by atoms with Crippen LogP contribution in [0.15, 0.2) is 0 Å². The number of hydrogen-bond acceptors (Lipinski definition) is 4. The second-order valence-electron chi connectivity index (χ2n) is 5.20. The second kappa shape index (κ2) is 5.82. The molecule has 18 heavy (non-hydrogen) atoms. The van der Waals surface area contributed by atoms with Crippen LogP contribution in [0.5, 0.6) is 0 Å². The molecule has 0 radical (unpaired) electrons. The summed E-state index contributed by atoms with van der Waals surface area (Å²) in [6.45, 7) is 2.08. The molecule has 0 saturated heterocycles. The zero-order chi connectivity index (χ0) is 13.9. The van der Waals surface area contributed by atoms with Crippen molar-refractivity contribution in [2.45, 2.75) is 26.2 Å². The number of carbonyl (C=O) groups is 2. The van der Waals surface area contributed by atoms with Gasteiger partial charge in [0.15, 0.2) is 0 Å². The molecule has 0 heterocycles. The van der Waals surface area contributed by atoms with E-state index in [2.05, 4.69) is 0 Å². The summed E-state index contributed by atoms with van der Waals surface area (Å²) in [5.41, 5.74) is 0. The third-order valence-electron chi connectivity index (χ3n) is 3.64. The quantitative estimate of drug-likeness (QED) is 0.732. The van der Waals surface area contributed by atoms with Crippen LogP contribution in [-0.2, 0) is 19.4 Å². The van der Waals surface area contributed by atoms with Gasteiger partial charge in [0.2, 0.25) is 5.91 Å². The van der Waals surface area contributed by atoms with Gasteiger partial charge in [0, 0.05) is 38.6 Å². The number of carbonyl (C=O) groups excluding carboxylic acids is 2. The molecule has 6 heteroatoms. The fourth-order valence-electron chi connectivity index (χ4n) is 2.15. The van der Waals surface area contributed by atoms with Crippen LogP contribution >= 0.6 is 0 Å². The Hall–Kier alpha value is -0.910. The second-order valence-corrected chi connectivity index (χ2v) is 7.46. The molecule has 2 atom stereocenters. The largest absolute Gasteiger partial charge is 0.345 e. The van der Waals surface area contributed by atoms with Gasteiger partial charge < -0.3 is 4.90 Å². The summed E-state index contributed by atoms with van der Waals surface area (Å²) in [6, 6.07) is 0. The number of sulfone groups is 1. The van der Waals surface area contributed by atoms with E-state index in [1.807, 2.05) is 6.92 Å². The molecule has 1 saturated carbocycles. The van der Waals surface area contributed by atoms with Crippen molar-refractivity contribution >= 4 is 21.5 Å². The van der Waals surface area contributed by atoms with E-state index in [0.29, 0.717) is 12.8 Å². The van der Waals surface area contributed by atoms with Crippen LogP contribution in [0.3, 0.4) is 0 Å². The number of hydrogen-bond donors (Lipinski definition) is 0. The van der Waals surface area contributed by atoms with Crippen molar-refractivity contribution in [3.8, 4) is 0 Å². The topological polar surface area (TPSA) is 71.5 Å². The van der Waals surface area contributed by atoms with Crippen LogP contribution in [0.25, 0.3) is 0 Å². The van der Waals surface area contributed by atoms with Gasteiger partial charge in [-0.1, -0.05) is 6.92 Å². The van der Waals surface area contributed by atoms with Crippen LogP contribution in [0.2, 0.25) is 0 Å². The Balaban J connectivity index is 2.43. The summed E-state index contributed by atoms with van der Waals surface area (Å²) >= 11 is 0. The standard InChI is InChI=1S/C12H21NO4S/c1-9-10(4-5-11(9)14)8-12(15)13(2)6-7-18(3,16)17/h9-10H,4-8H2,1-3H3/t9-,10+/m1/s1. The number of rotatable bonds is 5. The number of nitrogens with zero attached hydrogens (tertiary/aromatic N) is 1. The van der Waals surface area contributed by atoms with E-state index >= 15 is 0 Å². The minimum absolute atomic E-state index is 0.0195. The smallest absolute Gasteiger partial charge is 0.222 e. The molecule has 0 aromatic carbocycles. The van der Waals surface area contributed by atoms with Gasteiger partial charge in [-0.2, -0.15) is 0 Å². The van der Waals surface area contributed by atoms with Gasteiger partial charge in [-0.25, -0.2) is 8.42 Å². The van der Waals surface area contributed by atoms with Crippen molar-refractivity contribution in [2.75, 3.05) is 25.6 Å². The lowest BCUT2D eigenvalue weighted by Crippen LogP contribution is -2.33. The Kier molecular flexibility index (Phi) is 4.90. The first-order valence-corrected chi connectivity index (χ1v) is 8.21. The maximum absolute atomic E-state index is 11.9. The Labute approximate surface area is 108 Å². The van der Waals surface area contributed by atoms with Gasteiger partial charge in [-0.05, 0) is 12.3 Å². The Morgan fingerprint density at radius 2 is 2.06 bits per heavy atom. The zero-order valence-corrected chi connectivity index (χ0v) is 12.0. The van der Waals surface area contributed by atoms with Gasteiger partial charge in [-0.3, -0.25) is 9.59 Å². The molecule has 1 rings (SSSR count). The predicted octanol–water partition coefficient (Wildman–Crippen LogP) is 0.495. The van der Waals surface area contributed by atoms with E-state index < -0.39 is 9.84 Å². The lowest BCUT2D eigenvalue weighted by Gasteiger charge is -2.20. The fraction of sp³-hybridized carbons (Fsp3) is 0.833. The Morgan fingerprint density at radius 3 is 2.50 bits per heavy atom. The van der Waals surface area contributed by atoms with Crippen molar-refractivity contribution in [3.05, 3.63) is 0 Å². The first kappa shape index (κ1) is 15.1. The average molecular weight is 275 g/mol. The highest BCUT2D eigenvalue weighted by Gasteiger charge is 2.32. The van der Waals surface area contributed by atoms with Crippen molar-refractivity contribution in [2.24, 2.45) is 11.8 Å². The van der Waals surface area contributed by atoms with Crippen molar-refractivity contribution in [1.29, 1.82) is 0 Å². The molecule has 1 fully saturated rings. The molecule has 0 spiro atoms. The van der Waals surface area contributed by atoms with Crippen molar-refractivity contribution < 1.29 is 18.0 Å². The molecular formula is C12H21NO4S. The minimum Gasteiger partial charge on any atom is -0.345 e. The van der Waals surface area contributed by atoms with Crippen LogP contribution in [-0.4, -0.2) is 50.6 Å². The highest BCUT2D eigenvalue weighted by molar-refractivity contribution is 7.90. The summed E-state index contributed by atoms with van der Waals surface area (Å²) in [5.74, 6) is 0.203. The molecule has 0 aliphatic heterocycles. The van der Waals surface area contributed by atoms with Crippen LogP contribution in [0, 0.1) is 11.8 Å². The summed E-state index contributed by atoms with van der Waals surface area (Å²) in [7, 11) is -1.44. The van der Waals surface area contributed by atoms with Crippen molar-refractivity contribution in [3.63, 3.8) is 0 Å². The lowest BCUT2D eigenvalue weighted by atomic mass is 9.94. The number of amides is 1. The Bertz CT molecular complexity index is 429. The van der Waals surface area contributed by atoms with Crippen LogP contribution < -0.4 is 0 Å². The molecule has 1 aliphatic carbocycles. The maximum atomic E-state index is 11.9. The van der Waals surface area contributed by atoms with Gasteiger partial charge in [-0.15, -0.1) is 0 Å². The molecule has 0 bridgehead atoms. The first-order valence-electron chi connectivity index (χ1n) is 6.15. The van der Waals surface area contributed by atoms with E-state index in [4.69, 9.17) is 0 Å². The summed E-state index contributed by atoms with van der Waals surface area (Å²) < 4.78 is 22.0. The van der Waals surface area contributed by atoms with E-state index in [1.165, 1.54) is 4.90 Å². The molecule has 5 nitrogen and oxygen atoms in total. The average Bonchev–Trinajstić information content (AvgIpc) is 2.56. The van der Waals surface area contributed by atoms with Gasteiger partial charge in [0.1, 0.15) is 15.6 Å². The van der Waals surface area contributed by atoms with Gasteiger partial charge >= 0.3 is 0 Å². The van der Waals surface area contributed by atoms with Crippen molar-refractivity contribution in [1.82, 2.24) is 4.90 Å². The van der Waals surface area contributed by atoms with E-state index in [9.17, 15) is 18.0 Å². The zero-order valence-electron chi connectivity index (χ0n) is 11.2. The first-order chi connectivity index (χ1) is 8.20. The monoisotopic (exact) mass is 275 g/mol. The molecule has 1 aliphatic rings. The summed E-state index contributed by atoms with van der Waals surface area (Å²) in [4.78, 5) is 24.7. The van der Waals surface area contributed by atoms with E-state index in [-0.39, 0.29) is 35.8 Å². The third kappa shape index (κ3) is 4.40. The fourth-order valence-corrected chi connectivity index (χ4v) is 2.76. The highest BCUT2D eigenvalue weighted by atomic mass is 32.2. The van der Waals surface area contributed by atoms with Crippen LogP contribution in [0.4, 0.5) is 0 Å². The SMILES string of the molecule is C[C@H]1C(=O)CC[C@H]1CC(=O)N(C)CCS(C)(=O)=O. The normalized spacial score (nSPS) is 24.3. The predicted molar refractivity (Wildman–Crippen MR) is 68.9 cm³/mol. The van der Waals surface area contributed by atoms with Gasteiger partial charge in [0.25, 0.3) is 0 Å². The molecule has 0 N–H and O–H groups in total. The summed E-state index contributed by atoms with van der Waals surface area (Å²) in [6.07, 6.45) is 2.83. The third-order valence-corrected chi connectivity index (χ3v) is 4.56. The van der Waals surface area contributed by atoms with E-state index in [0.717, 1.165) is 12.7 Å². The Morgan fingerprint density at radius 1 is 1.44 bits per heavy atom. The maximum Gasteiger partial charge on any atom is 0.222 e. The van der Waals surface area contributed by atoms with Crippen LogP contribution in [0.1, 0.15) is 26.2 Å². The summed E-state index contributed by atoms with van der Waals surface area (Å²) in [5, 5.41) is 0. The lowest BCUT2D eigenvalue weighted by molar-refractivity contribution is -0.131. The molecule has 0 aromatic heterocycles. The number of ketones is 1. The molecular weight excluding hydrogens is 254 g/mol. The molecule has 0 aromatic rings. The number of Topliss-reactive ketones (excluding diaryl/α,β-unsaturated/α-hetero) is 1. The molecule has 104 valence electrons. The molecule has 0 unspecified atom stereocenters. The van der Waals surface area contributed by atoms with E-state index in [1.54, 1.807) is 7.05 Å². The van der Waals surface area contributed by atoms with Gasteiger partial charge in [0.05, 0.1) is 5.75 Å². The molecule has 1 amide bonds. The minimum atomic E-state index is -3.05. The highest BCUT2D eigenvalue weighted by Crippen LogP contribution is 2.31.